The summed E-state index contributed by atoms with van der Waals surface area (Å²) >= 11 is 0. The number of morpholine rings is 1. The summed E-state index contributed by atoms with van der Waals surface area (Å²) in [5, 5.41) is 3.92. The molecule has 6 nitrogen and oxygen atoms in total. The number of benzene rings is 1. The number of furan rings is 1. The van der Waals surface area contributed by atoms with Gasteiger partial charge in [0.15, 0.2) is 5.76 Å². The minimum absolute atomic E-state index is 0.236. The highest BCUT2D eigenvalue weighted by molar-refractivity contribution is 5.92. The molecule has 0 atom stereocenters. The lowest BCUT2D eigenvalue weighted by Gasteiger charge is -2.28. The van der Waals surface area contributed by atoms with Gasteiger partial charge in [-0.15, -0.1) is 0 Å². The number of ether oxygens (including phenoxy) is 1. The SMILES string of the molecule is O=C(N/N=C/c1ccc(N2CCOCC2)cc1)c1ccco1. The normalized spacial score (nSPS) is 15.2. The molecule has 3 rings (SSSR count). The van der Waals surface area contributed by atoms with Crippen LogP contribution >= 0.6 is 0 Å². The minimum atomic E-state index is -0.369. The van der Waals surface area contributed by atoms with Gasteiger partial charge >= 0.3 is 5.91 Å². The highest BCUT2D eigenvalue weighted by Gasteiger charge is 2.10. The van der Waals surface area contributed by atoms with Crippen LogP contribution in [0, 0.1) is 0 Å². The van der Waals surface area contributed by atoms with Crippen molar-refractivity contribution in [2.75, 3.05) is 31.2 Å². The van der Waals surface area contributed by atoms with Crippen LogP contribution in [0.15, 0.2) is 52.2 Å². The van der Waals surface area contributed by atoms with Crippen LogP contribution in [0.4, 0.5) is 5.69 Å². The summed E-state index contributed by atoms with van der Waals surface area (Å²) in [6, 6.07) is 11.3. The average Bonchev–Trinajstić information content (AvgIpc) is 3.11. The Bertz CT molecular complexity index is 629. The Balaban J connectivity index is 1.56. The fourth-order valence-corrected chi connectivity index (χ4v) is 2.22. The minimum Gasteiger partial charge on any atom is -0.459 e. The third-order valence-electron chi connectivity index (χ3n) is 3.39. The van der Waals surface area contributed by atoms with Gasteiger partial charge in [-0.3, -0.25) is 4.79 Å². The number of carbonyl (C=O) groups is 1. The molecule has 0 saturated carbocycles. The van der Waals surface area contributed by atoms with Gasteiger partial charge in [0, 0.05) is 18.8 Å². The van der Waals surface area contributed by atoms with E-state index in [9.17, 15) is 4.79 Å². The first-order valence-electron chi connectivity index (χ1n) is 7.12. The number of rotatable bonds is 4. The summed E-state index contributed by atoms with van der Waals surface area (Å²) in [6.07, 6.45) is 3.05. The van der Waals surface area contributed by atoms with Crippen molar-refractivity contribution in [1.29, 1.82) is 0 Å². The van der Waals surface area contributed by atoms with Gasteiger partial charge in [-0.1, -0.05) is 12.1 Å². The summed E-state index contributed by atoms with van der Waals surface area (Å²) in [5.41, 5.74) is 4.50. The largest absolute Gasteiger partial charge is 0.459 e. The molecule has 114 valence electrons. The van der Waals surface area contributed by atoms with Crippen molar-refractivity contribution in [3.63, 3.8) is 0 Å². The molecule has 0 radical (unpaired) electrons. The second kappa shape index (κ2) is 6.91. The predicted octanol–water partition coefficient (Wildman–Crippen LogP) is 1.88. The highest BCUT2D eigenvalue weighted by atomic mass is 16.5. The van der Waals surface area contributed by atoms with Crippen LogP contribution in [-0.4, -0.2) is 38.4 Å². The zero-order valence-electron chi connectivity index (χ0n) is 12.1. The molecule has 22 heavy (non-hydrogen) atoms. The lowest BCUT2D eigenvalue weighted by Crippen LogP contribution is -2.36. The van der Waals surface area contributed by atoms with Gasteiger partial charge in [-0.25, -0.2) is 5.43 Å². The van der Waals surface area contributed by atoms with Gasteiger partial charge < -0.3 is 14.1 Å². The molecule has 1 aromatic carbocycles. The van der Waals surface area contributed by atoms with Crippen LogP contribution in [-0.2, 0) is 4.74 Å². The van der Waals surface area contributed by atoms with E-state index in [1.54, 1.807) is 18.3 Å². The fourth-order valence-electron chi connectivity index (χ4n) is 2.22. The topological polar surface area (TPSA) is 67.1 Å². The van der Waals surface area contributed by atoms with E-state index in [1.165, 1.54) is 12.0 Å². The van der Waals surface area contributed by atoms with Crippen LogP contribution < -0.4 is 10.3 Å². The van der Waals surface area contributed by atoms with Crippen molar-refractivity contribution in [2.24, 2.45) is 5.10 Å². The Labute approximate surface area is 128 Å². The van der Waals surface area contributed by atoms with Crippen molar-refractivity contribution >= 4 is 17.8 Å². The van der Waals surface area contributed by atoms with E-state index in [0.29, 0.717) is 0 Å². The molecule has 1 N–H and O–H groups in total. The summed E-state index contributed by atoms with van der Waals surface area (Å²) in [7, 11) is 0. The third-order valence-corrected chi connectivity index (χ3v) is 3.39. The van der Waals surface area contributed by atoms with Crippen molar-refractivity contribution in [3.8, 4) is 0 Å². The number of carbonyl (C=O) groups excluding carboxylic acids is 1. The van der Waals surface area contributed by atoms with Gasteiger partial charge in [-0.2, -0.15) is 5.10 Å². The highest BCUT2D eigenvalue weighted by Crippen LogP contribution is 2.15. The van der Waals surface area contributed by atoms with Crippen LogP contribution in [0.25, 0.3) is 0 Å². The molecule has 0 unspecified atom stereocenters. The average molecular weight is 299 g/mol. The molecule has 1 saturated heterocycles. The number of hydrogen-bond acceptors (Lipinski definition) is 5. The van der Waals surface area contributed by atoms with Crippen molar-refractivity contribution < 1.29 is 13.9 Å². The molecule has 1 aromatic heterocycles. The maximum Gasteiger partial charge on any atom is 0.307 e. The monoisotopic (exact) mass is 299 g/mol. The fraction of sp³-hybridized carbons (Fsp3) is 0.250. The summed E-state index contributed by atoms with van der Waals surface area (Å²) < 4.78 is 10.3. The smallest absolute Gasteiger partial charge is 0.307 e. The number of nitrogens with zero attached hydrogens (tertiary/aromatic N) is 2. The number of amides is 1. The Hall–Kier alpha value is -2.60. The maximum absolute atomic E-state index is 11.6. The lowest BCUT2D eigenvalue weighted by atomic mass is 10.2. The van der Waals surface area contributed by atoms with Crippen LogP contribution in [0.5, 0.6) is 0 Å². The van der Waals surface area contributed by atoms with Crippen molar-refractivity contribution in [1.82, 2.24) is 5.43 Å². The Kier molecular flexibility index (Phi) is 4.50. The lowest BCUT2D eigenvalue weighted by molar-refractivity contribution is 0.0927. The van der Waals surface area contributed by atoms with Gasteiger partial charge in [0.1, 0.15) is 0 Å². The Morgan fingerprint density at radius 1 is 1.18 bits per heavy atom. The summed E-state index contributed by atoms with van der Waals surface area (Å²) in [5.74, 6) is -0.133. The molecule has 1 fully saturated rings. The second-order valence-corrected chi connectivity index (χ2v) is 4.87. The third kappa shape index (κ3) is 3.53. The van der Waals surface area contributed by atoms with Crippen LogP contribution in [0.3, 0.4) is 0 Å². The van der Waals surface area contributed by atoms with E-state index in [0.717, 1.165) is 31.9 Å². The van der Waals surface area contributed by atoms with E-state index in [4.69, 9.17) is 9.15 Å². The van der Waals surface area contributed by atoms with Gasteiger partial charge in [0.2, 0.25) is 0 Å². The van der Waals surface area contributed by atoms with E-state index in [2.05, 4.69) is 15.4 Å². The van der Waals surface area contributed by atoms with Crippen molar-refractivity contribution in [3.05, 3.63) is 54.0 Å². The van der Waals surface area contributed by atoms with Crippen LogP contribution in [0.1, 0.15) is 16.1 Å². The van der Waals surface area contributed by atoms with E-state index < -0.39 is 0 Å². The molecular formula is C16H17N3O3. The van der Waals surface area contributed by atoms with Crippen molar-refractivity contribution in [2.45, 2.75) is 0 Å². The van der Waals surface area contributed by atoms with E-state index in [1.807, 2.05) is 24.3 Å². The van der Waals surface area contributed by atoms with Gasteiger partial charge in [0.05, 0.1) is 25.7 Å². The molecule has 1 aliphatic heterocycles. The standard InChI is InChI=1S/C16H17N3O3/c20-16(15-2-1-9-22-15)18-17-12-13-3-5-14(6-4-13)19-7-10-21-11-8-19/h1-6,9,12H,7-8,10-11H2,(H,18,20)/b17-12+. The molecule has 1 amide bonds. The predicted molar refractivity (Wildman–Crippen MR) is 83.2 cm³/mol. The first-order valence-corrected chi connectivity index (χ1v) is 7.12. The first kappa shape index (κ1) is 14.3. The molecule has 6 heteroatoms. The Morgan fingerprint density at radius 2 is 1.95 bits per heavy atom. The molecule has 1 aliphatic rings. The molecule has 2 aromatic rings. The summed E-state index contributed by atoms with van der Waals surface area (Å²) in [6.45, 7) is 3.35. The van der Waals surface area contributed by atoms with Crippen LogP contribution in [0.2, 0.25) is 0 Å². The number of hydrazone groups is 1. The maximum atomic E-state index is 11.6. The Morgan fingerprint density at radius 3 is 2.64 bits per heavy atom. The number of anilines is 1. The zero-order chi connectivity index (χ0) is 15.2. The van der Waals surface area contributed by atoms with Gasteiger partial charge in [0.25, 0.3) is 0 Å². The number of nitrogens with one attached hydrogen (secondary N) is 1. The summed E-state index contributed by atoms with van der Waals surface area (Å²) in [4.78, 5) is 13.9. The zero-order valence-corrected chi connectivity index (χ0v) is 12.1. The molecule has 0 bridgehead atoms. The molecule has 2 heterocycles. The van der Waals surface area contributed by atoms with Gasteiger partial charge in [-0.05, 0) is 29.8 Å². The molecule has 0 aliphatic carbocycles. The first-order chi connectivity index (χ1) is 10.8. The second-order valence-electron chi connectivity index (χ2n) is 4.87. The van der Waals surface area contributed by atoms with E-state index in [-0.39, 0.29) is 11.7 Å². The quantitative estimate of drug-likeness (QED) is 0.691. The van der Waals surface area contributed by atoms with E-state index >= 15 is 0 Å². The molecule has 0 spiro atoms. The number of hydrogen-bond donors (Lipinski definition) is 1. The molecular weight excluding hydrogens is 282 g/mol.